The summed E-state index contributed by atoms with van der Waals surface area (Å²) in [4.78, 5) is 84.8. The van der Waals surface area contributed by atoms with E-state index in [-0.39, 0.29) is 62.9 Å². The maximum atomic E-state index is 14.3. The Kier molecular flexibility index (Phi) is 17.2. The number of carbonyl (C=O) groups is 5. The maximum Gasteiger partial charge on any atom is 0.510 e. The van der Waals surface area contributed by atoms with Gasteiger partial charge in [0.1, 0.15) is 32.5 Å². The number of aliphatic hydroxyl groups excluding tert-OH is 1. The lowest BCUT2D eigenvalue weighted by molar-refractivity contribution is -0.175. The molecule has 378 valence electrons. The summed E-state index contributed by atoms with van der Waals surface area (Å²) in [6, 6.07) is 14.2. The molecule has 21 heteroatoms. The van der Waals surface area contributed by atoms with Gasteiger partial charge in [-0.1, -0.05) is 37.3 Å². The van der Waals surface area contributed by atoms with Crippen molar-refractivity contribution in [1.29, 1.82) is 0 Å². The van der Waals surface area contributed by atoms with Gasteiger partial charge >= 0.3 is 12.1 Å². The van der Waals surface area contributed by atoms with E-state index in [4.69, 9.17) is 29.7 Å². The Morgan fingerprint density at radius 2 is 1.74 bits per heavy atom. The highest BCUT2D eigenvalue weighted by atomic mass is 32.2. The van der Waals surface area contributed by atoms with Gasteiger partial charge in [-0.05, 0) is 108 Å². The van der Waals surface area contributed by atoms with E-state index in [0.29, 0.717) is 60.4 Å². The van der Waals surface area contributed by atoms with Crippen LogP contribution in [0.5, 0.6) is 0 Å². The molecular formula is C49H63N7O13S. The van der Waals surface area contributed by atoms with Crippen LogP contribution < -0.4 is 27.2 Å². The Balaban J connectivity index is 1.13. The number of nitrogens with one attached hydrogen (secondary N) is 3. The van der Waals surface area contributed by atoms with E-state index < -0.39 is 75.8 Å². The largest absolute Gasteiger partial charge is 0.510 e. The number of aromatic nitrogens is 2. The molecule has 0 saturated heterocycles. The molecular weight excluding hydrogens is 927 g/mol. The molecule has 6 rings (SSSR count). The number of nitrogens with zero attached hydrogens (tertiary/aromatic N) is 3. The van der Waals surface area contributed by atoms with Gasteiger partial charge < -0.3 is 50.3 Å². The molecule has 70 heavy (non-hydrogen) atoms. The van der Waals surface area contributed by atoms with Gasteiger partial charge in [0, 0.05) is 46.9 Å². The van der Waals surface area contributed by atoms with Crippen LogP contribution in [0.15, 0.2) is 59.4 Å². The van der Waals surface area contributed by atoms with E-state index in [0.717, 1.165) is 16.5 Å². The van der Waals surface area contributed by atoms with Crippen molar-refractivity contribution in [2.45, 2.75) is 116 Å². The van der Waals surface area contributed by atoms with Gasteiger partial charge in [-0.25, -0.2) is 23.0 Å². The molecule has 2 aromatic heterocycles. The molecule has 2 aromatic carbocycles. The van der Waals surface area contributed by atoms with Crippen molar-refractivity contribution in [1.82, 2.24) is 24.5 Å². The van der Waals surface area contributed by atoms with E-state index >= 15 is 0 Å². The molecule has 0 spiro atoms. The summed E-state index contributed by atoms with van der Waals surface area (Å²) in [5.41, 5.74) is 6.76. The highest BCUT2D eigenvalue weighted by Crippen LogP contribution is 2.42. The minimum absolute atomic E-state index is 0.104. The number of rotatable bonds is 23. The van der Waals surface area contributed by atoms with Crippen LogP contribution in [-0.4, -0.2) is 114 Å². The number of para-hydroxylation sites is 1. The topological polar surface area (TPSA) is 277 Å². The summed E-state index contributed by atoms with van der Waals surface area (Å²) >= 11 is 0. The number of sulfonamides is 1. The number of hydrogen-bond donors (Lipinski definition) is 5. The Bertz CT molecular complexity index is 2780. The quantitative estimate of drug-likeness (QED) is 0.0463. The fraction of sp³-hybridized carbons (Fsp3) is 0.490. The Morgan fingerprint density at radius 1 is 1.03 bits per heavy atom. The first-order chi connectivity index (χ1) is 33.2. The van der Waals surface area contributed by atoms with Crippen molar-refractivity contribution in [3.05, 3.63) is 92.8 Å². The summed E-state index contributed by atoms with van der Waals surface area (Å²) in [5, 5.41) is 18.1. The first kappa shape index (κ1) is 53.1. The van der Waals surface area contributed by atoms with Crippen LogP contribution >= 0.6 is 0 Å². The predicted molar refractivity (Wildman–Crippen MR) is 259 cm³/mol. The molecule has 0 fully saturated rings. The minimum atomic E-state index is -3.52. The van der Waals surface area contributed by atoms with Crippen LogP contribution in [0, 0.1) is 0 Å². The zero-order chi connectivity index (χ0) is 51.0. The number of pyridine rings is 2. The van der Waals surface area contributed by atoms with Gasteiger partial charge in [-0.15, -0.1) is 0 Å². The third-order valence-corrected chi connectivity index (χ3v) is 13.8. The van der Waals surface area contributed by atoms with Crippen molar-refractivity contribution < 1.29 is 56.4 Å². The van der Waals surface area contributed by atoms with E-state index in [2.05, 4.69) is 16.0 Å². The standard InChI is InChI=1S/C49H63N7O13S/c1-7-49(69-47(63)68-26-31-15-17-32(18-16-31)51-44(60)39(14-10-11-21-50)52-41(58)28-66-29-42(59)54-48(4,5)20-23-57)37-24-40-43-35(25-55(40)45(61)36(37)27-67-46(49)62)33(34-12-8-9-13-38(34)53-43)19-22-56(30(2)3)70(6,64)65/h8-9,12-13,15-18,24,30,39,57H,7,10-11,14,19-23,25-29,50H2,1-6H3,(H,51,60)(H,52,58)(H,54,59)/t39-,49-/m0/s1. The summed E-state index contributed by atoms with van der Waals surface area (Å²) in [6.45, 7) is 7.84. The van der Waals surface area contributed by atoms with E-state index in [9.17, 15) is 42.3 Å². The van der Waals surface area contributed by atoms with Crippen molar-refractivity contribution >= 4 is 56.5 Å². The number of anilines is 1. The summed E-state index contributed by atoms with van der Waals surface area (Å²) in [5.74, 6) is -2.46. The van der Waals surface area contributed by atoms with Gasteiger partial charge in [-0.2, -0.15) is 4.31 Å². The Labute approximate surface area is 406 Å². The van der Waals surface area contributed by atoms with Crippen LogP contribution in [0.1, 0.15) is 94.5 Å². The third-order valence-electron chi connectivity index (χ3n) is 12.4. The van der Waals surface area contributed by atoms with Crippen LogP contribution in [0.4, 0.5) is 10.5 Å². The van der Waals surface area contributed by atoms with Crippen LogP contribution in [-0.2, 0) is 79.9 Å². The molecule has 0 unspecified atom stereocenters. The van der Waals surface area contributed by atoms with Crippen molar-refractivity contribution in [3.8, 4) is 11.4 Å². The average Bonchev–Trinajstić information content (AvgIpc) is 3.67. The molecule has 0 radical (unpaired) electrons. The van der Waals surface area contributed by atoms with Crippen LogP contribution in [0.2, 0.25) is 0 Å². The normalized spacial score (nSPS) is 15.7. The Hall–Kier alpha value is -6.26. The van der Waals surface area contributed by atoms with E-state index in [1.807, 2.05) is 38.1 Å². The number of carbonyl (C=O) groups excluding carboxylic acids is 5. The van der Waals surface area contributed by atoms with Crippen molar-refractivity contribution in [3.63, 3.8) is 0 Å². The lowest BCUT2D eigenvalue weighted by atomic mass is 9.85. The first-order valence-corrected chi connectivity index (χ1v) is 25.1. The number of fused-ring (bicyclic) bond motifs is 5. The molecule has 2 atom stereocenters. The first-order valence-electron chi connectivity index (χ1n) is 23.3. The van der Waals surface area contributed by atoms with Gasteiger partial charge in [-0.3, -0.25) is 19.2 Å². The number of unbranched alkanes of at least 4 members (excludes halogenated alkanes) is 1. The SMILES string of the molecule is CC[C@@]1(OC(=O)OCc2ccc(NC(=O)[C@H](CCCCN)NC(=O)COCC(=O)NC(C)(C)CCO)cc2)C(=O)OCc2c1cc1n(c2=O)Cc2c-1nc1ccccc1c2CCN(C(C)C)S(C)(=O)=O. The second-order valence-corrected chi connectivity index (χ2v) is 20.3. The minimum Gasteiger partial charge on any atom is -0.457 e. The van der Waals surface area contributed by atoms with Gasteiger partial charge in [0.05, 0.1) is 35.3 Å². The molecule has 4 heterocycles. The number of amides is 3. The van der Waals surface area contributed by atoms with Crippen molar-refractivity contribution in [2.24, 2.45) is 5.73 Å². The molecule has 0 saturated carbocycles. The highest BCUT2D eigenvalue weighted by molar-refractivity contribution is 7.88. The molecule has 6 N–H and O–H groups in total. The molecule has 0 bridgehead atoms. The summed E-state index contributed by atoms with van der Waals surface area (Å²) < 4.78 is 50.5. The summed E-state index contributed by atoms with van der Waals surface area (Å²) in [6.07, 6.45) is 1.99. The molecule has 4 aromatic rings. The monoisotopic (exact) mass is 989 g/mol. The molecule has 20 nitrogen and oxygen atoms in total. The third kappa shape index (κ3) is 12.4. The highest BCUT2D eigenvalue weighted by Gasteiger charge is 2.51. The predicted octanol–water partition coefficient (Wildman–Crippen LogP) is 3.50. The van der Waals surface area contributed by atoms with E-state index in [1.54, 1.807) is 55.7 Å². The number of ether oxygens (including phenoxy) is 4. The number of cyclic esters (lactones) is 1. The van der Waals surface area contributed by atoms with Crippen molar-refractivity contribution in [2.75, 3.05) is 44.5 Å². The van der Waals surface area contributed by atoms with Gasteiger partial charge in [0.25, 0.3) is 5.56 Å². The smallest absolute Gasteiger partial charge is 0.457 e. The number of esters is 1. The maximum absolute atomic E-state index is 14.3. The number of benzene rings is 2. The van der Waals surface area contributed by atoms with Gasteiger partial charge in [0.15, 0.2) is 0 Å². The van der Waals surface area contributed by atoms with Gasteiger partial charge in [0.2, 0.25) is 33.3 Å². The number of hydrogen-bond acceptors (Lipinski definition) is 15. The number of aliphatic hydroxyl groups is 1. The lowest BCUT2D eigenvalue weighted by Gasteiger charge is -2.35. The second kappa shape index (κ2) is 22.7. The second-order valence-electron chi connectivity index (χ2n) is 18.4. The molecule has 0 aliphatic carbocycles. The summed E-state index contributed by atoms with van der Waals surface area (Å²) in [7, 11) is -3.52. The van der Waals surface area contributed by atoms with E-state index in [1.165, 1.54) is 10.6 Å². The fourth-order valence-electron chi connectivity index (χ4n) is 8.80. The zero-order valence-electron chi connectivity index (χ0n) is 40.4. The fourth-order valence-corrected chi connectivity index (χ4v) is 9.99. The number of nitrogens with two attached hydrogens (primary N) is 1. The Morgan fingerprint density at radius 3 is 2.41 bits per heavy atom. The molecule has 2 aliphatic rings. The molecule has 3 amide bonds. The van der Waals surface area contributed by atoms with Crippen LogP contribution in [0.3, 0.4) is 0 Å². The van der Waals surface area contributed by atoms with Crippen LogP contribution in [0.25, 0.3) is 22.3 Å². The lowest BCUT2D eigenvalue weighted by Crippen LogP contribution is -2.47. The zero-order valence-corrected chi connectivity index (χ0v) is 41.2. The average molecular weight is 990 g/mol. The molecule has 2 aliphatic heterocycles.